The van der Waals surface area contributed by atoms with E-state index in [4.69, 9.17) is 0 Å². The van der Waals surface area contributed by atoms with Gasteiger partial charge in [-0.2, -0.15) is 8.87 Å². The van der Waals surface area contributed by atoms with E-state index in [2.05, 4.69) is 5.32 Å². The van der Waals surface area contributed by atoms with Gasteiger partial charge in [-0.15, -0.1) is 0 Å². The molecule has 7 heteroatoms. The normalized spacial score (nSPS) is 15.0. The molecule has 1 aliphatic rings. The summed E-state index contributed by atoms with van der Waals surface area (Å²) in [5.41, 5.74) is 0.576. The van der Waals surface area contributed by atoms with Gasteiger partial charge in [0.25, 0.3) is 5.91 Å². The lowest BCUT2D eigenvalue weighted by atomic mass is 10.2. The molecule has 2 heterocycles. The Kier molecular flexibility index (Phi) is 5.11. The quantitative estimate of drug-likeness (QED) is 0.674. The minimum atomic E-state index is -3.44. The summed E-state index contributed by atoms with van der Waals surface area (Å²) < 4.78 is 28.4. The van der Waals surface area contributed by atoms with Crippen LogP contribution in [-0.2, 0) is 21.4 Å². The zero-order chi connectivity index (χ0) is 19.6. The van der Waals surface area contributed by atoms with Gasteiger partial charge in [0.05, 0.1) is 4.90 Å². The third kappa shape index (κ3) is 3.90. The number of pyridine rings is 1. The third-order valence-corrected chi connectivity index (χ3v) is 6.83. The molecule has 1 fully saturated rings. The van der Waals surface area contributed by atoms with Crippen LogP contribution in [-0.4, -0.2) is 31.7 Å². The molecule has 0 spiro atoms. The van der Waals surface area contributed by atoms with E-state index in [1.54, 1.807) is 24.3 Å². The molecule has 0 unspecified atom stereocenters. The van der Waals surface area contributed by atoms with Crippen molar-refractivity contribution in [1.29, 1.82) is 0 Å². The molecule has 1 N–H and O–H groups in total. The standard InChI is InChI=1S/C21H21N3O3S/c25-21(16-23-14-11-17-5-1-2-6-18(17)15-23)22-19-7-9-20(10-8-19)28(26,27)24-12-3-4-13-24/h1-2,5-11,14-15H,3-4,12-13,16H2/p+1. The molecule has 4 rings (SSSR count). The van der Waals surface area contributed by atoms with Crippen molar-refractivity contribution in [2.75, 3.05) is 18.4 Å². The van der Waals surface area contributed by atoms with Crippen molar-refractivity contribution < 1.29 is 17.8 Å². The fourth-order valence-electron chi connectivity index (χ4n) is 3.43. The van der Waals surface area contributed by atoms with E-state index in [1.165, 1.54) is 4.31 Å². The van der Waals surface area contributed by atoms with Crippen molar-refractivity contribution in [3.05, 3.63) is 67.0 Å². The number of benzene rings is 2. The van der Waals surface area contributed by atoms with Gasteiger partial charge >= 0.3 is 0 Å². The zero-order valence-electron chi connectivity index (χ0n) is 15.4. The summed E-state index contributed by atoms with van der Waals surface area (Å²) in [6.45, 7) is 1.33. The molecular weight excluding hydrogens is 374 g/mol. The van der Waals surface area contributed by atoms with Crippen LogP contribution in [0.2, 0.25) is 0 Å². The van der Waals surface area contributed by atoms with Crippen molar-refractivity contribution >= 4 is 32.4 Å². The Labute approximate surface area is 164 Å². The van der Waals surface area contributed by atoms with Crippen LogP contribution in [0.15, 0.2) is 71.9 Å². The lowest BCUT2D eigenvalue weighted by Crippen LogP contribution is -2.39. The van der Waals surface area contributed by atoms with Gasteiger partial charge in [-0.3, -0.25) is 4.79 Å². The number of fused-ring (bicyclic) bond motifs is 1. The summed E-state index contributed by atoms with van der Waals surface area (Å²) in [6.07, 6.45) is 5.61. The molecular formula is C21H22N3O3S+. The van der Waals surface area contributed by atoms with Gasteiger partial charge in [-0.05, 0) is 48.6 Å². The first-order chi connectivity index (χ1) is 13.5. The predicted octanol–water partition coefficient (Wildman–Crippen LogP) is 2.55. The van der Waals surface area contributed by atoms with Crippen molar-refractivity contribution in [3.63, 3.8) is 0 Å². The Morgan fingerprint density at radius 3 is 2.36 bits per heavy atom. The molecule has 6 nitrogen and oxygen atoms in total. The maximum absolute atomic E-state index is 12.6. The molecule has 0 atom stereocenters. The average Bonchev–Trinajstić information content (AvgIpc) is 3.24. The van der Waals surface area contributed by atoms with E-state index in [9.17, 15) is 13.2 Å². The molecule has 0 radical (unpaired) electrons. The summed E-state index contributed by atoms with van der Waals surface area (Å²) in [6, 6.07) is 16.3. The van der Waals surface area contributed by atoms with E-state index in [0.29, 0.717) is 18.8 Å². The first kappa shape index (κ1) is 18.6. The Balaban J connectivity index is 1.42. The maximum Gasteiger partial charge on any atom is 0.290 e. The number of nitrogens with one attached hydrogen (secondary N) is 1. The van der Waals surface area contributed by atoms with Gasteiger partial charge in [-0.25, -0.2) is 8.42 Å². The van der Waals surface area contributed by atoms with E-state index >= 15 is 0 Å². The first-order valence-electron chi connectivity index (χ1n) is 9.30. The van der Waals surface area contributed by atoms with Crippen LogP contribution in [0.25, 0.3) is 10.8 Å². The lowest BCUT2D eigenvalue weighted by Gasteiger charge is -2.15. The number of nitrogens with zero attached hydrogens (tertiary/aromatic N) is 2. The fourth-order valence-corrected chi connectivity index (χ4v) is 4.95. The summed E-state index contributed by atoms with van der Waals surface area (Å²) in [4.78, 5) is 12.6. The van der Waals surface area contributed by atoms with Crippen LogP contribution in [0, 0.1) is 0 Å². The van der Waals surface area contributed by atoms with E-state index in [1.807, 2.05) is 47.3 Å². The summed E-state index contributed by atoms with van der Waals surface area (Å²) in [5.74, 6) is -0.171. The van der Waals surface area contributed by atoms with Crippen LogP contribution < -0.4 is 9.88 Å². The molecule has 1 saturated heterocycles. The Morgan fingerprint density at radius 1 is 0.964 bits per heavy atom. The summed E-state index contributed by atoms with van der Waals surface area (Å²) in [7, 11) is -3.44. The average molecular weight is 396 g/mol. The van der Waals surface area contributed by atoms with Gasteiger partial charge in [-0.1, -0.05) is 18.2 Å². The number of hydrogen-bond donors (Lipinski definition) is 1. The van der Waals surface area contributed by atoms with Gasteiger partial charge in [0, 0.05) is 30.2 Å². The molecule has 3 aromatic rings. The Morgan fingerprint density at radius 2 is 1.64 bits per heavy atom. The molecule has 0 bridgehead atoms. The molecule has 1 aromatic heterocycles. The monoisotopic (exact) mass is 396 g/mol. The number of sulfonamides is 1. The molecule has 28 heavy (non-hydrogen) atoms. The number of anilines is 1. The minimum absolute atomic E-state index is 0.171. The van der Waals surface area contributed by atoms with Gasteiger partial charge in [0.1, 0.15) is 0 Å². The van der Waals surface area contributed by atoms with Gasteiger partial charge < -0.3 is 5.32 Å². The smallest absolute Gasteiger partial charge is 0.290 e. The second-order valence-corrected chi connectivity index (χ2v) is 8.87. The number of hydrogen-bond acceptors (Lipinski definition) is 3. The Bertz CT molecular complexity index is 1110. The van der Waals surface area contributed by atoms with E-state index in [-0.39, 0.29) is 17.3 Å². The third-order valence-electron chi connectivity index (χ3n) is 4.91. The second kappa shape index (κ2) is 7.69. The number of amides is 1. The van der Waals surface area contributed by atoms with Crippen molar-refractivity contribution in [1.82, 2.24) is 4.31 Å². The number of aromatic nitrogens is 1. The first-order valence-corrected chi connectivity index (χ1v) is 10.7. The van der Waals surface area contributed by atoms with Crippen LogP contribution in [0.1, 0.15) is 12.8 Å². The van der Waals surface area contributed by atoms with Crippen LogP contribution in [0.4, 0.5) is 5.69 Å². The highest BCUT2D eigenvalue weighted by Crippen LogP contribution is 2.22. The van der Waals surface area contributed by atoms with Crippen molar-refractivity contribution in [2.45, 2.75) is 24.3 Å². The predicted molar refractivity (Wildman–Crippen MR) is 107 cm³/mol. The highest BCUT2D eigenvalue weighted by molar-refractivity contribution is 7.89. The SMILES string of the molecule is O=C(C[n+]1ccc2ccccc2c1)Nc1ccc(S(=O)(=O)N2CCCC2)cc1. The lowest BCUT2D eigenvalue weighted by molar-refractivity contribution is -0.682. The van der Waals surface area contributed by atoms with Crippen molar-refractivity contribution in [3.8, 4) is 0 Å². The minimum Gasteiger partial charge on any atom is -0.321 e. The highest BCUT2D eigenvalue weighted by atomic mass is 32.2. The van der Waals surface area contributed by atoms with Gasteiger partial charge in [0.2, 0.25) is 16.6 Å². The number of carbonyl (C=O) groups is 1. The molecule has 0 aliphatic carbocycles. The molecule has 2 aromatic carbocycles. The zero-order valence-corrected chi connectivity index (χ0v) is 16.2. The van der Waals surface area contributed by atoms with Crippen LogP contribution in [0.3, 0.4) is 0 Å². The highest BCUT2D eigenvalue weighted by Gasteiger charge is 2.27. The largest absolute Gasteiger partial charge is 0.321 e. The van der Waals surface area contributed by atoms with Crippen LogP contribution >= 0.6 is 0 Å². The Hall–Kier alpha value is -2.77. The molecule has 1 amide bonds. The van der Waals surface area contributed by atoms with Crippen molar-refractivity contribution in [2.24, 2.45) is 0 Å². The molecule has 144 valence electrons. The molecule has 0 saturated carbocycles. The van der Waals surface area contributed by atoms with E-state index < -0.39 is 10.0 Å². The maximum atomic E-state index is 12.6. The van der Waals surface area contributed by atoms with E-state index in [0.717, 1.165) is 23.6 Å². The number of carbonyl (C=O) groups excluding carboxylic acids is 1. The summed E-state index contributed by atoms with van der Waals surface area (Å²) in [5, 5.41) is 5.00. The van der Waals surface area contributed by atoms with Gasteiger partial charge in [0.15, 0.2) is 12.4 Å². The molecule has 1 aliphatic heterocycles. The second-order valence-electron chi connectivity index (χ2n) is 6.93. The topological polar surface area (TPSA) is 70.4 Å². The van der Waals surface area contributed by atoms with Crippen LogP contribution in [0.5, 0.6) is 0 Å². The summed E-state index contributed by atoms with van der Waals surface area (Å²) >= 11 is 0. The number of rotatable bonds is 5. The fraction of sp³-hybridized carbons (Fsp3) is 0.238.